The molecule has 33 heavy (non-hydrogen) atoms. The minimum Gasteiger partial charge on any atom is -0.485 e. The van der Waals surface area contributed by atoms with Gasteiger partial charge in [0.05, 0.1) is 0 Å². The number of hydrogen-bond acceptors (Lipinski definition) is 4. The van der Waals surface area contributed by atoms with Gasteiger partial charge in [0.25, 0.3) is 5.91 Å². The summed E-state index contributed by atoms with van der Waals surface area (Å²) < 4.78 is 12.2. The van der Waals surface area contributed by atoms with Crippen molar-refractivity contribution in [1.29, 1.82) is 0 Å². The summed E-state index contributed by atoms with van der Waals surface area (Å²) in [5.41, 5.74) is 3.95. The van der Waals surface area contributed by atoms with E-state index in [1.54, 1.807) is 0 Å². The number of fused-ring (bicyclic) bond motifs is 1. The monoisotopic (exact) mass is 442 g/mol. The lowest BCUT2D eigenvalue weighted by Crippen LogP contribution is -2.48. The standard InChI is InChI=1S/C28H30N2O3/c1-28(2)19-23-7-6-10-25(26(23)33-28)32-20-21-11-13-22(14-12-21)27(31)30-17-15-29(16-18-30)24-8-4-3-5-9-24/h3-14H,15-20H2,1-2H3. The Balaban J connectivity index is 1.17. The van der Waals surface area contributed by atoms with Gasteiger partial charge in [-0.25, -0.2) is 0 Å². The van der Waals surface area contributed by atoms with Gasteiger partial charge in [0.2, 0.25) is 0 Å². The Kier molecular flexibility index (Phi) is 5.71. The third kappa shape index (κ3) is 4.68. The van der Waals surface area contributed by atoms with E-state index in [1.807, 2.05) is 47.4 Å². The molecule has 1 amide bonds. The van der Waals surface area contributed by atoms with Crippen molar-refractivity contribution in [2.45, 2.75) is 32.5 Å². The van der Waals surface area contributed by atoms with Gasteiger partial charge < -0.3 is 19.3 Å². The van der Waals surface area contributed by atoms with Crippen LogP contribution < -0.4 is 14.4 Å². The van der Waals surface area contributed by atoms with Crippen molar-refractivity contribution in [2.75, 3.05) is 31.1 Å². The first kappa shape index (κ1) is 21.4. The maximum Gasteiger partial charge on any atom is 0.253 e. The average Bonchev–Trinajstić information content (AvgIpc) is 3.18. The Morgan fingerprint density at radius 1 is 0.909 bits per heavy atom. The molecule has 0 radical (unpaired) electrons. The van der Waals surface area contributed by atoms with Crippen LogP contribution in [-0.2, 0) is 13.0 Å². The van der Waals surface area contributed by atoms with Crippen LogP contribution in [0, 0.1) is 0 Å². The molecular weight excluding hydrogens is 412 g/mol. The lowest BCUT2D eigenvalue weighted by Gasteiger charge is -2.36. The van der Waals surface area contributed by atoms with Crippen LogP contribution in [0.1, 0.15) is 35.3 Å². The zero-order valence-electron chi connectivity index (χ0n) is 19.3. The molecule has 0 saturated carbocycles. The Bertz CT molecular complexity index is 1120. The van der Waals surface area contributed by atoms with E-state index < -0.39 is 0 Å². The van der Waals surface area contributed by atoms with E-state index in [0.29, 0.717) is 6.61 Å². The number of amides is 1. The SMILES string of the molecule is CC1(C)Cc2cccc(OCc3ccc(C(=O)N4CCN(c5ccccc5)CC4)cc3)c2O1. The van der Waals surface area contributed by atoms with Crippen molar-refractivity contribution < 1.29 is 14.3 Å². The van der Waals surface area contributed by atoms with Crippen molar-refractivity contribution in [2.24, 2.45) is 0 Å². The number of nitrogens with zero attached hydrogens (tertiary/aromatic N) is 2. The number of para-hydroxylation sites is 2. The first-order valence-corrected chi connectivity index (χ1v) is 11.6. The minimum absolute atomic E-state index is 0.0895. The molecule has 1 fully saturated rings. The third-order valence-electron chi connectivity index (χ3n) is 6.34. The van der Waals surface area contributed by atoms with Crippen molar-refractivity contribution >= 4 is 11.6 Å². The zero-order valence-corrected chi connectivity index (χ0v) is 19.3. The highest BCUT2D eigenvalue weighted by Gasteiger charge is 2.32. The molecule has 0 atom stereocenters. The highest BCUT2D eigenvalue weighted by Crippen LogP contribution is 2.42. The lowest BCUT2D eigenvalue weighted by atomic mass is 10.0. The predicted molar refractivity (Wildman–Crippen MR) is 130 cm³/mol. The molecule has 1 saturated heterocycles. The summed E-state index contributed by atoms with van der Waals surface area (Å²) in [5, 5.41) is 0. The lowest BCUT2D eigenvalue weighted by molar-refractivity contribution is 0.0746. The van der Waals surface area contributed by atoms with Gasteiger partial charge in [-0.15, -0.1) is 0 Å². The molecule has 3 aromatic carbocycles. The summed E-state index contributed by atoms with van der Waals surface area (Å²) in [7, 11) is 0. The van der Waals surface area contributed by atoms with Crippen molar-refractivity contribution in [3.05, 3.63) is 89.5 Å². The minimum atomic E-state index is -0.198. The van der Waals surface area contributed by atoms with Gasteiger partial charge in [0.15, 0.2) is 11.5 Å². The van der Waals surface area contributed by atoms with Crippen LogP contribution in [0.4, 0.5) is 5.69 Å². The number of benzene rings is 3. The maximum atomic E-state index is 13.0. The van der Waals surface area contributed by atoms with Crippen LogP contribution in [0.3, 0.4) is 0 Å². The summed E-state index contributed by atoms with van der Waals surface area (Å²) in [6, 6.07) is 24.2. The molecule has 0 aliphatic carbocycles. The number of rotatable bonds is 5. The Morgan fingerprint density at radius 3 is 2.36 bits per heavy atom. The number of ether oxygens (including phenoxy) is 2. The van der Waals surface area contributed by atoms with Gasteiger partial charge >= 0.3 is 0 Å². The summed E-state index contributed by atoms with van der Waals surface area (Å²) >= 11 is 0. The molecule has 5 rings (SSSR count). The quantitative estimate of drug-likeness (QED) is 0.561. The Morgan fingerprint density at radius 2 is 1.64 bits per heavy atom. The van der Waals surface area contributed by atoms with Crippen molar-refractivity contribution in [3.8, 4) is 11.5 Å². The van der Waals surface area contributed by atoms with E-state index in [1.165, 1.54) is 11.3 Å². The normalized spacial score (nSPS) is 16.8. The summed E-state index contributed by atoms with van der Waals surface area (Å²) in [6.07, 6.45) is 0.885. The smallest absolute Gasteiger partial charge is 0.253 e. The Labute approximate surface area is 195 Å². The fraction of sp³-hybridized carbons (Fsp3) is 0.321. The van der Waals surface area contributed by atoms with Crippen LogP contribution in [0.15, 0.2) is 72.8 Å². The largest absolute Gasteiger partial charge is 0.485 e. The zero-order chi connectivity index (χ0) is 22.8. The van der Waals surface area contributed by atoms with E-state index in [9.17, 15) is 4.79 Å². The van der Waals surface area contributed by atoms with Crippen molar-refractivity contribution in [1.82, 2.24) is 4.90 Å². The summed E-state index contributed by atoms with van der Waals surface area (Å²) in [6.45, 7) is 7.78. The topological polar surface area (TPSA) is 42.0 Å². The molecule has 3 aromatic rings. The van der Waals surface area contributed by atoms with E-state index in [2.05, 4.69) is 49.1 Å². The highest BCUT2D eigenvalue weighted by atomic mass is 16.5. The average molecular weight is 443 g/mol. The number of carbonyl (C=O) groups excluding carboxylic acids is 1. The predicted octanol–water partition coefficient (Wildman–Crippen LogP) is 4.94. The van der Waals surface area contributed by atoms with Crippen molar-refractivity contribution in [3.63, 3.8) is 0 Å². The highest BCUT2D eigenvalue weighted by molar-refractivity contribution is 5.94. The first-order chi connectivity index (χ1) is 16.0. The number of anilines is 1. The van der Waals surface area contributed by atoms with Gasteiger partial charge in [-0.05, 0) is 49.7 Å². The molecule has 2 aliphatic heterocycles. The van der Waals surface area contributed by atoms with Crippen LogP contribution >= 0.6 is 0 Å². The molecule has 0 aromatic heterocycles. The number of carbonyl (C=O) groups is 1. The Hall–Kier alpha value is -3.47. The summed E-state index contributed by atoms with van der Waals surface area (Å²) in [4.78, 5) is 17.3. The second kappa shape index (κ2) is 8.81. The van der Waals surface area contributed by atoms with Crippen LogP contribution in [0.5, 0.6) is 11.5 Å². The van der Waals surface area contributed by atoms with Gasteiger partial charge in [0, 0.05) is 49.4 Å². The number of piperazine rings is 1. The van der Waals surface area contributed by atoms with E-state index >= 15 is 0 Å². The van der Waals surface area contributed by atoms with Gasteiger partial charge in [-0.2, -0.15) is 0 Å². The fourth-order valence-corrected chi connectivity index (χ4v) is 4.59. The number of hydrogen-bond donors (Lipinski definition) is 0. The first-order valence-electron chi connectivity index (χ1n) is 11.6. The van der Waals surface area contributed by atoms with E-state index in [0.717, 1.165) is 55.2 Å². The molecule has 0 bridgehead atoms. The molecule has 5 heteroatoms. The third-order valence-corrected chi connectivity index (χ3v) is 6.34. The van der Waals surface area contributed by atoms with Gasteiger partial charge in [-0.3, -0.25) is 4.79 Å². The molecule has 0 N–H and O–H groups in total. The molecule has 0 spiro atoms. The fourth-order valence-electron chi connectivity index (χ4n) is 4.59. The maximum absolute atomic E-state index is 13.0. The van der Waals surface area contributed by atoms with Crippen LogP contribution in [0.25, 0.3) is 0 Å². The summed E-state index contributed by atoms with van der Waals surface area (Å²) in [5.74, 6) is 1.71. The van der Waals surface area contributed by atoms with E-state index in [-0.39, 0.29) is 11.5 Å². The molecule has 5 nitrogen and oxygen atoms in total. The molecule has 170 valence electrons. The second-order valence-corrected chi connectivity index (χ2v) is 9.38. The van der Waals surface area contributed by atoms with Gasteiger partial charge in [0.1, 0.15) is 12.2 Å². The molecule has 2 heterocycles. The second-order valence-electron chi connectivity index (χ2n) is 9.38. The van der Waals surface area contributed by atoms with Gasteiger partial charge in [-0.1, -0.05) is 42.5 Å². The molecular formula is C28H30N2O3. The van der Waals surface area contributed by atoms with E-state index in [4.69, 9.17) is 9.47 Å². The molecule has 2 aliphatic rings. The van der Waals surface area contributed by atoms with Crippen LogP contribution in [-0.4, -0.2) is 42.6 Å². The molecule has 0 unspecified atom stereocenters. The van der Waals surface area contributed by atoms with Crippen LogP contribution in [0.2, 0.25) is 0 Å².